The average Bonchev–Trinajstić information content (AvgIpc) is 2.88. The molecule has 2 rings (SSSR count). The maximum atomic E-state index is 5.82. The predicted molar refractivity (Wildman–Crippen MR) is 66.4 cm³/mol. The first kappa shape index (κ1) is 12.3. The van der Waals surface area contributed by atoms with Crippen molar-refractivity contribution in [2.75, 3.05) is 19.6 Å². The van der Waals surface area contributed by atoms with Crippen molar-refractivity contribution in [3.05, 3.63) is 0 Å². The SMILES string of the molecule is CC1(CNCC2CCC(CN)O2)CCCC1. The van der Waals surface area contributed by atoms with Gasteiger partial charge in [0.05, 0.1) is 12.2 Å². The van der Waals surface area contributed by atoms with Gasteiger partial charge in [0.15, 0.2) is 0 Å². The summed E-state index contributed by atoms with van der Waals surface area (Å²) in [6.07, 6.45) is 8.62. The summed E-state index contributed by atoms with van der Waals surface area (Å²) in [5.41, 5.74) is 6.15. The highest BCUT2D eigenvalue weighted by Gasteiger charge is 2.29. The lowest BCUT2D eigenvalue weighted by molar-refractivity contribution is 0.0490. The van der Waals surface area contributed by atoms with Crippen LogP contribution >= 0.6 is 0 Å². The Morgan fingerprint density at radius 3 is 2.56 bits per heavy atom. The summed E-state index contributed by atoms with van der Waals surface area (Å²) >= 11 is 0. The normalized spacial score (nSPS) is 33.4. The van der Waals surface area contributed by atoms with Crippen LogP contribution in [0.3, 0.4) is 0 Å². The summed E-state index contributed by atoms with van der Waals surface area (Å²) in [6.45, 7) is 5.24. The predicted octanol–water partition coefficient (Wildman–Crippen LogP) is 1.66. The Labute approximate surface area is 99.1 Å². The molecule has 3 nitrogen and oxygen atoms in total. The number of hydrogen-bond acceptors (Lipinski definition) is 3. The van der Waals surface area contributed by atoms with E-state index in [-0.39, 0.29) is 0 Å². The van der Waals surface area contributed by atoms with E-state index in [1.807, 2.05) is 0 Å². The molecule has 3 N–H and O–H groups in total. The molecule has 0 aromatic rings. The maximum Gasteiger partial charge on any atom is 0.0704 e. The molecule has 94 valence electrons. The molecule has 0 bridgehead atoms. The molecular formula is C13H26N2O. The van der Waals surface area contributed by atoms with Crippen LogP contribution in [-0.4, -0.2) is 31.8 Å². The highest BCUT2D eigenvalue weighted by Crippen LogP contribution is 2.36. The summed E-state index contributed by atoms with van der Waals surface area (Å²) in [6, 6.07) is 0. The van der Waals surface area contributed by atoms with Crippen molar-refractivity contribution in [1.82, 2.24) is 5.32 Å². The number of rotatable bonds is 5. The number of ether oxygens (including phenoxy) is 1. The lowest BCUT2D eigenvalue weighted by Gasteiger charge is -2.24. The highest BCUT2D eigenvalue weighted by molar-refractivity contribution is 4.83. The molecule has 1 aliphatic carbocycles. The summed E-state index contributed by atoms with van der Waals surface area (Å²) in [7, 11) is 0. The van der Waals surface area contributed by atoms with Gasteiger partial charge >= 0.3 is 0 Å². The molecule has 2 unspecified atom stereocenters. The van der Waals surface area contributed by atoms with E-state index >= 15 is 0 Å². The van der Waals surface area contributed by atoms with Crippen molar-refractivity contribution in [1.29, 1.82) is 0 Å². The monoisotopic (exact) mass is 226 g/mol. The minimum atomic E-state index is 0.314. The minimum Gasteiger partial charge on any atom is -0.372 e. The fraction of sp³-hybridized carbons (Fsp3) is 1.00. The molecular weight excluding hydrogens is 200 g/mol. The molecule has 0 spiro atoms. The Kier molecular flexibility index (Phi) is 4.22. The second kappa shape index (κ2) is 5.48. The van der Waals surface area contributed by atoms with Crippen LogP contribution in [0.15, 0.2) is 0 Å². The molecule has 2 atom stereocenters. The molecule has 1 saturated carbocycles. The van der Waals surface area contributed by atoms with Crippen molar-refractivity contribution in [3.8, 4) is 0 Å². The zero-order valence-electron chi connectivity index (χ0n) is 10.5. The smallest absolute Gasteiger partial charge is 0.0704 e. The summed E-state index contributed by atoms with van der Waals surface area (Å²) in [4.78, 5) is 0. The van der Waals surface area contributed by atoms with E-state index in [1.165, 1.54) is 32.1 Å². The van der Waals surface area contributed by atoms with Gasteiger partial charge in [0.1, 0.15) is 0 Å². The van der Waals surface area contributed by atoms with Gasteiger partial charge in [-0.2, -0.15) is 0 Å². The largest absolute Gasteiger partial charge is 0.372 e. The third-order valence-corrected chi connectivity index (χ3v) is 4.19. The summed E-state index contributed by atoms with van der Waals surface area (Å²) < 4.78 is 5.82. The van der Waals surface area contributed by atoms with Crippen LogP contribution < -0.4 is 11.1 Å². The second-order valence-corrected chi connectivity index (χ2v) is 5.84. The molecule has 0 radical (unpaired) electrons. The van der Waals surface area contributed by atoms with Crippen LogP contribution in [-0.2, 0) is 4.74 Å². The Morgan fingerprint density at radius 1 is 1.25 bits per heavy atom. The first-order valence-electron chi connectivity index (χ1n) is 6.78. The number of nitrogens with one attached hydrogen (secondary N) is 1. The third kappa shape index (κ3) is 3.19. The van der Waals surface area contributed by atoms with E-state index in [2.05, 4.69) is 12.2 Å². The van der Waals surface area contributed by atoms with Gasteiger partial charge in [-0.3, -0.25) is 0 Å². The van der Waals surface area contributed by atoms with Gasteiger partial charge in [-0.05, 0) is 31.1 Å². The zero-order chi connectivity index (χ0) is 11.4. The summed E-state index contributed by atoms with van der Waals surface area (Å²) in [5.74, 6) is 0. The van der Waals surface area contributed by atoms with E-state index in [9.17, 15) is 0 Å². The van der Waals surface area contributed by atoms with Crippen molar-refractivity contribution >= 4 is 0 Å². The van der Waals surface area contributed by atoms with Gasteiger partial charge < -0.3 is 15.8 Å². The Hall–Kier alpha value is -0.120. The Bertz CT molecular complexity index is 214. The van der Waals surface area contributed by atoms with Gasteiger partial charge in [0.2, 0.25) is 0 Å². The van der Waals surface area contributed by atoms with E-state index in [4.69, 9.17) is 10.5 Å². The van der Waals surface area contributed by atoms with E-state index in [0.29, 0.717) is 24.2 Å². The van der Waals surface area contributed by atoms with Crippen LogP contribution in [0.2, 0.25) is 0 Å². The van der Waals surface area contributed by atoms with Crippen molar-refractivity contribution in [3.63, 3.8) is 0 Å². The molecule has 2 fully saturated rings. The average molecular weight is 226 g/mol. The minimum absolute atomic E-state index is 0.314. The Morgan fingerprint density at radius 2 is 1.94 bits per heavy atom. The van der Waals surface area contributed by atoms with Crippen LogP contribution in [0.1, 0.15) is 45.4 Å². The molecule has 16 heavy (non-hydrogen) atoms. The first-order chi connectivity index (χ1) is 7.72. The standard InChI is InChI=1S/C13H26N2O/c1-13(6-2-3-7-13)10-15-9-12-5-4-11(8-14)16-12/h11-12,15H,2-10,14H2,1H3. The quantitative estimate of drug-likeness (QED) is 0.749. The lowest BCUT2D eigenvalue weighted by Crippen LogP contribution is -2.35. The van der Waals surface area contributed by atoms with Crippen molar-refractivity contribution in [2.24, 2.45) is 11.1 Å². The molecule has 0 amide bonds. The number of nitrogens with two attached hydrogens (primary N) is 1. The van der Waals surface area contributed by atoms with Gasteiger partial charge in [-0.1, -0.05) is 19.8 Å². The molecule has 1 heterocycles. The fourth-order valence-corrected chi connectivity index (χ4v) is 3.04. The van der Waals surface area contributed by atoms with Gasteiger partial charge in [0.25, 0.3) is 0 Å². The second-order valence-electron chi connectivity index (χ2n) is 5.84. The molecule has 0 aromatic carbocycles. The third-order valence-electron chi connectivity index (χ3n) is 4.19. The van der Waals surface area contributed by atoms with E-state index < -0.39 is 0 Å². The first-order valence-corrected chi connectivity index (χ1v) is 6.78. The molecule has 1 saturated heterocycles. The van der Waals surface area contributed by atoms with Crippen LogP contribution in [0.4, 0.5) is 0 Å². The fourth-order valence-electron chi connectivity index (χ4n) is 3.04. The van der Waals surface area contributed by atoms with Gasteiger partial charge in [-0.15, -0.1) is 0 Å². The van der Waals surface area contributed by atoms with Gasteiger partial charge in [0, 0.05) is 19.6 Å². The summed E-state index contributed by atoms with van der Waals surface area (Å²) in [5, 5.41) is 3.59. The lowest BCUT2D eigenvalue weighted by atomic mass is 9.89. The molecule has 0 aromatic heterocycles. The maximum absolute atomic E-state index is 5.82. The molecule has 2 aliphatic rings. The van der Waals surface area contributed by atoms with Crippen molar-refractivity contribution < 1.29 is 4.74 Å². The topological polar surface area (TPSA) is 47.3 Å². The molecule has 3 heteroatoms. The number of hydrogen-bond donors (Lipinski definition) is 2. The zero-order valence-corrected chi connectivity index (χ0v) is 10.5. The Balaban J connectivity index is 1.61. The molecule has 1 aliphatic heterocycles. The van der Waals surface area contributed by atoms with Crippen molar-refractivity contribution in [2.45, 2.75) is 57.7 Å². The van der Waals surface area contributed by atoms with E-state index in [1.54, 1.807) is 0 Å². The van der Waals surface area contributed by atoms with Gasteiger partial charge in [-0.25, -0.2) is 0 Å². The highest BCUT2D eigenvalue weighted by atomic mass is 16.5. The van der Waals surface area contributed by atoms with Crippen LogP contribution in [0.5, 0.6) is 0 Å². The van der Waals surface area contributed by atoms with Crippen LogP contribution in [0.25, 0.3) is 0 Å². The van der Waals surface area contributed by atoms with Crippen LogP contribution in [0, 0.1) is 5.41 Å². The van der Waals surface area contributed by atoms with E-state index in [0.717, 1.165) is 19.5 Å².